The third-order valence-electron chi connectivity index (χ3n) is 2.96. The van der Waals surface area contributed by atoms with Crippen LogP contribution >= 0.6 is 0 Å². The largest absolute Gasteiger partial charge is 0.478 e. The molecule has 0 spiro atoms. The highest BCUT2D eigenvalue weighted by Crippen LogP contribution is 2.14. The number of nitrogens with zero attached hydrogens (tertiary/aromatic N) is 1. The maximum Gasteiger partial charge on any atom is 0.335 e. The Balaban J connectivity index is 2.10. The number of carboxylic acid groups (broad SMARTS) is 1. The van der Waals surface area contributed by atoms with Gasteiger partial charge < -0.3 is 5.11 Å². The summed E-state index contributed by atoms with van der Waals surface area (Å²) in [6, 6.07) is 3.80. The molecule has 0 unspecified atom stereocenters. The summed E-state index contributed by atoms with van der Waals surface area (Å²) in [6.07, 6.45) is 0. The van der Waals surface area contributed by atoms with Crippen LogP contribution in [0.4, 0.5) is 4.39 Å². The summed E-state index contributed by atoms with van der Waals surface area (Å²) in [5.74, 6) is -0.261. The van der Waals surface area contributed by atoms with Gasteiger partial charge in [-0.15, -0.1) is 0 Å². The first-order valence-corrected chi connectivity index (χ1v) is 7.14. The van der Waals surface area contributed by atoms with Gasteiger partial charge in [0.05, 0.1) is 5.56 Å². The summed E-state index contributed by atoms with van der Waals surface area (Å²) in [7, 11) is -0.765. The van der Waals surface area contributed by atoms with Crippen LogP contribution in [0.3, 0.4) is 0 Å². The molecule has 1 fully saturated rings. The predicted molar refractivity (Wildman–Crippen MR) is 66.5 cm³/mol. The lowest BCUT2D eigenvalue weighted by Gasteiger charge is -2.26. The van der Waals surface area contributed by atoms with Crippen molar-refractivity contribution in [2.75, 3.05) is 24.6 Å². The Morgan fingerprint density at radius 2 is 2.06 bits per heavy atom. The van der Waals surface area contributed by atoms with E-state index in [2.05, 4.69) is 0 Å². The second kappa shape index (κ2) is 5.58. The van der Waals surface area contributed by atoms with Crippen molar-refractivity contribution in [3.63, 3.8) is 0 Å². The van der Waals surface area contributed by atoms with Gasteiger partial charge in [0.2, 0.25) is 0 Å². The molecule has 2 rings (SSSR count). The molecule has 6 heteroatoms. The van der Waals surface area contributed by atoms with Crippen molar-refractivity contribution in [1.29, 1.82) is 0 Å². The van der Waals surface area contributed by atoms with Crippen molar-refractivity contribution in [3.8, 4) is 0 Å². The Labute approximate surface area is 107 Å². The average molecular weight is 271 g/mol. The number of rotatable bonds is 3. The Hall–Kier alpha value is -1.27. The zero-order valence-corrected chi connectivity index (χ0v) is 10.6. The van der Waals surface area contributed by atoms with E-state index < -0.39 is 22.6 Å². The van der Waals surface area contributed by atoms with E-state index in [-0.39, 0.29) is 5.56 Å². The van der Waals surface area contributed by atoms with E-state index in [0.717, 1.165) is 0 Å². The van der Waals surface area contributed by atoms with Crippen LogP contribution in [0.1, 0.15) is 15.9 Å². The monoisotopic (exact) mass is 271 g/mol. The second-order valence-electron chi connectivity index (χ2n) is 4.24. The lowest BCUT2D eigenvalue weighted by Crippen LogP contribution is -2.37. The van der Waals surface area contributed by atoms with Gasteiger partial charge in [-0.1, -0.05) is 0 Å². The van der Waals surface area contributed by atoms with Crippen LogP contribution < -0.4 is 0 Å². The first-order chi connectivity index (χ1) is 8.56. The zero-order valence-electron chi connectivity index (χ0n) is 9.76. The van der Waals surface area contributed by atoms with Gasteiger partial charge in [0.25, 0.3) is 0 Å². The highest BCUT2D eigenvalue weighted by atomic mass is 32.2. The smallest absolute Gasteiger partial charge is 0.335 e. The SMILES string of the molecule is O=C(O)c1ccc(F)c(CN2CCS(=O)CC2)c1. The first kappa shape index (κ1) is 13.2. The van der Waals surface area contributed by atoms with Crippen LogP contribution in [0.15, 0.2) is 18.2 Å². The Bertz CT molecular complexity index is 482. The third-order valence-corrected chi connectivity index (χ3v) is 4.23. The number of aromatic carboxylic acids is 1. The minimum Gasteiger partial charge on any atom is -0.478 e. The Kier molecular flexibility index (Phi) is 4.08. The minimum atomic E-state index is -1.06. The Morgan fingerprint density at radius 3 is 2.67 bits per heavy atom. The number of carboxylic acids is 1. The van der Waals surface area contributed by atoms with E-state index in [4.69, 9.17) is 5.11 Å². The van der Waals surface area contributed by atoms with E-state index in [9.17, 15) is 13.4 Å². The van der Waals surface area contributed by atoms with E-state index in [1.54, 1.807) is 0 Å². The summed E-state index contributed by atoms with van der Waals surface area (Å²) < 4.78 is 24.8. The average Bonchev–Trinajstić information content (AvgIpc) is 2.34. The molecule has 1 heterocycles. The molecule has 0 radical (unpaired) electrons. The number of hydrogen-bond donors (Lipinski definition) is 1. The molecule has 1 saturated heterocycles. The molecule has 0 aliphatic carbocycles. The van der Waals surface area contributed by atoms with Gasteiger partial charge in [-0.05, 0) is 18.2 Å². The molecule has 0 bridgehead atoms. The maximum atomic E-state index is 13.6. The molecule has 0 aromatic heterocycles. The third kappa shape index (κ3) is 3.14. The summed E-state index contributed by atoms with van der Waals surface area (Å²) in [5, 5.41) is 8.86. The van der Waals surface area contributed by atoms with E-state index in [1.165, 1.54) is 18.2 Å². The van der Waals surface area contributed by atoms with E-state index in [0.29, 0.717) is 36.7 Å². The molecule has 1 aliphatic heterocycles. The van der Waals surface area contributed by atoms with Gasteiger partial charge in [-0.25, -0.2) is 9.18 Å². The normalized spacial score (nSPS) is 17.8. The fourth-order valence-corrected chi connectivity index (χ4v) is 3.03. The van der Waals surface area contributed by atoms with Gasteiger partial charge >= 0.3 is 5.97 Å². The summed E-state index contributed by atoms with van der Waals surface area (Å²) in [4.78, 5) is 12.8. The molecule has 0 saturated carbocycles. The standard InChI is InChI=1S/C12H14FNO3S/c13-11-2-1-9(12(15)16)7-10(11)8-14-3-5-18(17)6-4-14/h1-2,7H,3-6,8H2,(H,15,16). The van der Waals surface area contributed by atoms with Crippen molar-refractivity contribution in [1.82, 2.24) is 4.90 Å². The minimum absolute atomic E-state index is 0.0898. The van der Waals surface area contributed by atoms with Crippen molar-refractivity contribution >= 4 is 16.8 Å². The van der Waals surface area contributed by atoms with Crippen molar-refractivity contribution in [2.45, 2.75) is 6.54 Å². The molecule has 4 nitrogen and oxygen atoms in total. The number of hydrogen-bond acceptors (Lipinski definition) is 3. The number of benzene rings is 1. The summed E-state index contributed by atoms with van der Waals surface area (Å²) in [5.41, 5.74) is 0.467. The van der Waals surface area contributed by atoms with Crippen LogP contribution in [0.5, 0.6) is 0 Å². The number of carbonyl (C=O) groups is 1. The van der Waals surface area contributed by atoms with Crippen LogP contribution in [0.2, 0.25) is 0 Å². The topological polar surface area (TPSA) is 57.6 Å². The fourth-order valence-electron chi connectivity index (χ4n) is 1.90. The lowest BCUT2D eigenvalue weighted by molar-refractivity contribution is 0.0696. The van der Waals surface area contributed by atoms with E-state index in [1.807, 2.05) is 4.90 Å². The highest BCUT2D eigenvalue weighted by Gasteiger charge is 2.17. The second-order valence-corrected chi connectivity index (χ2v) is 5.93. The highest BCUT2D eigenvalue weighted by molar-refractivity contribution is 7.85. The molecule has 1 N–H and O–H groups in total. The lowest BCUT2D eigenvalue weighted by atomic mass is 10.1. The fraction of sp³-hybridized carbons (Fsp3) is 0.417. The van der Waals surface area contributed by atoms with Gasteiger partial charge in [0.1, 0.15) is 5.82 Å². The molecular weight excluding hydrogens is 257 g/mol. The van der Waals surface area contributed by atoms with Gasteiger partial charge in [-0.3, -0.25) is 9.11 Å². The van der Waals surface area contributed by atoms with Gasteiger partial charge in [0.15, 0.2) is 0 Å². The van der Waals surface area contributed by atoms with Gasteiger partial charge in [-0.2, -0.15) is 0 Å². The van der Waals surface area contributed by atoms with Crippen molar-refractivity contribution in [3.05, 3.63) is 35.1 Å². The molecule has 1 aromatic rings. The summed E-state index contributed by atoms with van der Waals surface area (Å²) >= 11 is 0. The molecule has 0 amide bonds. The van der Waals surface area contributed by atoms with Crippen LogP contribution in [-0.2, 0) is 17.3 Å². The van der Waals surface area contributed by atoms with Crippen molar-refractivity contribution < 1.29 is 18.5 Å². The molecular formula is C12H14FNO3S. The van der Waals surface area contributed by atoms with Crippen LogP contribution in [0, 0.1) is 5.82 Å². The molecule has 18 heavy (non-hydrogen) atoms. The molecule has 1 aliphatic rings. The summed E-state index contributed by atoms with van der Waals surface area (Å²) in [6.45, 7) is 1.68. The maximum absolute atomic E-state index is 13.6. The quantitative estimate of drug-likeness (QED) is 0.894. The number of halogens is 1. The van der Waals surface area contributed by atoms with Crippen LogP contribution in [-0.4, -0.2) is 44.8 Å². The molecule has 0 atom stereocenters. The molecule has 1 aromatic carbocycles. The van der Waals surface area contributed by atoms with E-state index >= 15 is 0 Å². The van der Waals surface area contributed by atoms with Gasteiger partial charge in [0, 0.05) is 47.5 Å². The first-order valence-electron chi connectivity index (χ1n) is 5.65. The predicted octanol–water partition coefficient (Wildman–Crippen LogP) is 1.09. The molecule has 98 valence electrons. The van der Waals surface area contributed by atoms with Crippen LogP contribution in [0.25, 0.3) is 0 Å². The Morgan fingerprint density at radius 1 is 1.39 bits per heavy atom. The zero-order chi connectivity index (χ0) is 13.1. The van der Waals surface area contributed by atoms with Crippen molar-refractivity contribution in [2.24, 2.45) is 0 Å².